The Kier molecular flexibility index (Phi) is 7.40. The normalized spacial score (nSPS) is 11.7. The quantitative estimate of drug-likeness (QED) is 0.158. The number of ether oxygens (including phenoxy) is 2. The summed E-state index contributed by atoms with van der Waals surface area (Å²) in [7, 11) is 1.53. The Morgan fingerprint density at radius 2 is 1.86 bits per heavy atom. The van der Waals surface area contributed by atoms with Crippen molar-refractivity contribution in [2.75, 3.05) is 7.11 Å². The Hall–Kier alpha value is -4.05. The van der Waals surface area contributed by atoms with E-state index in [1.54, 1.807) is 42.5 Å². The average molecular weight is 565 g/mol. The number of rotatable bonds is 7. The zero-order valence-corrected chi connectivity index (χ0v) is 22.4. The fourth-order valence-corrected chi connectivity index (χ4v) is 4.04. The highest BCUT2D eigenvalue weighted by Gasteiger charge is 2.23. The van der Waals surface area contributed by atoms with Crippen molar-refractivity contribution in [1.29, 1.82) is 0 Å². The molecule has 0 spiro atoms. The smallest absolute Gasteiger partial charge is 0.282 e. The van der Waals surface area contributed by atoms with Gasteiger partial charge in [-0.05, 0) is 48.0 Å². The second kappa shape index (κ2) is 10.5. The van der Waals surface area contributed by atoms with Crippen LogP contribution in [0.4, 0.5) is 5.69 Å². The summed E-state index contributed by atoms with van der Waals surface area (Å²) < 4.78 is 13.6. The van der Waals surface area contributed by atoms with Crippen molar-refractivity contribution in [3.63, 3.8) is 0 Å². The molecule has 190 valence electrons. The number of nitro groups is 1. The van der Waals surface area contributed by atoms with E-state index >= 15 is 0 Å². The lowest BCUT2D eigenvalue weighted by molar-refractivity contribution is -0.384. The van der Waals surface area contributed by atoms with E-state index in [1.165, 1.54) is 30.1 Å². The number of hydrogen-bond donors (Lipinski definition) is 0. The molecule has 1 heterocycles. The van der Waals surface area contributed by atoms with Crippen LogP contribution < -0.4 is 15.0 Å². The fourth-order valence-electron chi connectivity index (χ4n) is 3.68. The molecule has 0 aliphatic heterocycles. The lowest BCUT2D eigenvalue weighted by atomic mass is 9.95. The van der Waals surface area contributed by atoms with Gasteiger partial charge >= 0.3 is 0 Å². The minimum Gasteiger partial charge on any atom is -0.493 e. The summed E-state index contributed by atoms with van der Waals surface area (Å²) in [6, 6.07) is 16.8. The number of hydrogen-bond acceptors (Lipinski definition) is 7. The van der Waals surface area contributed by atoms with Gasteiger partial charge in [0.25, 0.3) is 11.2 Å². The van der Waals surface area contributed by atoms with Crippen molar-refractivity contribution in [1.82, 2.24) is 9.66 Å². The van der Waals surface area contributed by atoms with E-state index < -0.39 is 10.3 Å². The standard InChI is InChI=1S/C27H25BrN4O5/c1-27(2,3)26-30-22-13-10-19(28)14-21(22)25(33)31(26)29-15-18-6-5-7-23(36-4)24(18)37-16-17-8-11-20(12-9-17)32(34)35/h5-15H,16H2,1-4H3. The van der Waals surface area contributed by atoms with Gasteiger partial charge < -0.3 is 9.47 Å². The van der Waals surface area contributed by atoms with E-state index in [9.17, 15) is 14.9 Å². The molecule has 0 amide bonds. The van der Waals surface area contributed by atoms with Gasteiger partial charge in [0.15, 0.2) is 11.5 Å². The number of para-hydroxylation sites is 1. The number of nitro benzene ring substituents is 1. The zero-order valence-electron chi connectivity index (χ0n) is 20.8. The molecule has 4 rings (SSSR count). The lowest BCUT2D eigenvalue weighted by Crippen LogP contribution is -2.29. The molecule has 1 aromatic heterocycles. The Morgan fingerprint density at radius 3 is 2.51 bits per heavy atom. The summed E-state index contributed by atoms with van der Waals surface area (Å²) in [5, 5.41) is 15.9. The number of fused-ring (bicyclic) bond motifs is 1. The number of halogens is 1. The minimum atomic E-state index is -0.457. The number of nitrogens with zero attached hydrogens (tertiary/aromatic N) is 4. The van der Waals surface area contributed by atoms with Gasteiger partial charge in [-0.15, -0.1) is 0 Å². The second-order valence-corrected chi connectivity index (χ2v) is 10.2. The number of aromatic nitrogens is 2. The van der Waals surface area contributed by atoms with E-state index in [2.05, 4.69) is 21.0 Å². The highest BCUT2D eigenvalue weighted by Crippen LogP contribution is 2.31. The van der Waals surface area contributed by atoms with Gasteiger partial charge in [-0.1, -0.05) is 42.8 Å². The van der Waals surface area contributed by atoms with Crippen molar-refractivity contribution < 1.29 is 14.4 Å². The second-order valence-electron chi connectivity index (χ2n) is 9.30. The summed E-state index contributed by atoms with van der Waals surface area (Å²) in [6.45, 7) is 6.05. The molecule has 10 heteroatoms. The fraction of sp³-hybridized carbons (Fsp3) is 0.222. The third-order valence-corrected chi connectivity index (χ3v) is 6.04. The van der Waals surface area contributed by atoms with Crippen LogP contribution in [0.1, 0.15) is 37.7 Å². The molecule has 0 N–H and O–H groups in total. The third kappa shape index (κ3) is 5.69. The SMILES string of the molecule is COc1cccc(C=Nn2c(C(C)(C)C)nc3ccc(Br)cc3c2=O)c1OCc1ccc([N+](=O)[O-])cc1. The summed E-state index contributed by atoms with van der Waals surface area (Å²) >= 11 is 3.42. The molecule has 0 fully saturated rings. The molecule has 0 unspecified atom stereocenters. The molecule has 4 aromatic rings. The Balaban J connectivity index is 1.74. The van der Waals surface area contributed by atoms with Gasteiger partial charge in [-0.2, -0.15) is 9.78 Å². The maximum atomic E-state index is 13.4. The van der Waals surface area contributed by atoms with Crippen LogP contribution in [-0.4, -0.2) is 27.9 Å². The van der Waals surface area contributed by atoms with Gasteiger partial charge in [0.2, 0.25) is 0 Å². The summed E-state index contributed by atoms with van der Waals surface area (Å²) in [6.07, 6.45) is 1.54. The first-order valence-corrected chi connectivity index (χ1v) is 12.2. The van der Waals surface area contributed by atoms with Crippen molar-refractivity contribution in [3.05, 3.63) is 103 Å². The van der Waals surface area contributed by atoms with Crippen molar-refractivity contribution in [2.24, 2.45) is 5.10 Å². The first-order valence-electron chi connectivity index (χ1n) is 11.4. The van der Waals surface area contributed by atoms with Gasteiger partial charge in [0.1, 0.15) is 12.4 Å². The highest BCUT2D eigenvalue weighted by molar-refractivity contribution is 9.10. The summed E-state index contributed by atoms with van der Waals surface area (Å²) in [5.41, 5.74) is 1.19. The van der Waals surface area contributed by atoms with Crippen LogP contribution in [0.3, 0.4) is 0 Å². The van der Waals surface area contributed by atoms with Gasteiger partial charge in [-0.25, -0.2) is 4.98 Å². The van der Waals surface area contributed by atoms with Crippen LogP contribution in [0, 0.1) is 10.1 Å². The average Bonchev–Trinajstić information content (AvgIpc) is 2.86. The molecular formula is C27H25BrN4O5. The van der Waals surface area contributed by atoms with Crippen LogP contribution in [0.25, 0.3) is 10.9 Å². The molecule has 9 nitrogen and oxygen atoms in total. The Labute approximate surface area is 221 Å². The lowest BCUT2D eigenvalue weighted by Gasteiger charge is -2.21. The third-order valence-electron chi connectivity index (χ3n) is 5.55. The predicted molar refractivity (Wildman–Crippen MR) is 146 cm³/mol. The first kappa shape index (κ1) is 26.0. The molecule has 37 heavy (non-hydrogen) atoms. The van der Waals surface area contributed by atoms with Crippen LogP contribution in [0.15, 0.2) is 75.0 Å². The van der Waals surface area contributed by atoms with Crippen molar-refractivity contribution >= 4 is 38.7 Å². The van der Waals surface area contributed by atoms with Crippen LogP contribution in [0.2, 0.25) is 0 Å². The molecule has 0 aliphatic rings. The molecule has 0 radical (unpaired) electrons. The molecule has 0 saturated heterocycles. The number of benzene rings is 3. The molecular weight excluding hydrogens is 540 g/mol. The molecule has 0 aliphatic carbocycles. The molecule has 0 bridgehead atoms. The van der Waals surface area contributed by atoms with Crippen LogP contribution in [-0.2, 0) is 12.0 Å². The van der Waals surface area contributed by atoms with Crippen LogP contribution >= 0.6 is 15.9 Å². The monoisotopic (exact) mass is 564 g/mol. The number of non-ortho nitro benzene ring substituents is 1. The number of methoxy groups -OCH3 is 1. The van der Waals surface area contributed by atoms with E-state index in [-0.39, 0.29) is 17.9 Å². The van der Waals surface area contributed by atoms with E-state index in [4.69, 9.17) is 14.5 Å². The van der Waals surface area contributed by atoms with Gasteiger partial charge in [-0.3, -0.25) is 14.9 Å². The first-order chi connectivity index (χ1) is 17.6. The molecule has 0 atom stereocenters. The Bertz CT molecular complexity index is 1560. The Morgan fingerprint density at radius 1 is 1.14 bits per heavy atom. The predicted octanol–water partition coefficient (Wildman–Crippen LogP) is 5.83. The topological polar surface area (TPSA) is 109 Å². The van der Waals surface area contributed by atoms with Crippen molar-refractivity contribution in [2.45, 2.75) is 32.8 Å². The summed E-state index contributed by atoms with van der Waals surface area (Å²) in [4.78, 5) is 28.7. The minimum absolute atomic E-state index is 0.00461. The van der Waals surface area contributed by atoms with Crippen LogP contribution in [0.5, 0.6) is 11.5 Å². The van der Waals surface area contributed by atoms with E-state index in [1.807, 2.05) is 26.8 Å². The maximum absolute atomic E-state index is 13.4. The van der Waals surface area contributed by atoms with E-state index in [0.717, 1.165) is 10.0 Å². The largest absolute Gasteiger partial charge is 0.493 e. The zero-order chi connectivity index (χ0) is 26.7. The summed E-state index contributed by atoms with van der Waals surface area (Å²) in [5.74, 6) is 1.42. The maximum Gasteiger partial charge on any atom is 0.282 e. The highest BCUT2D eigenvalue weighted by atomic mass is 79.9. The molecule has 3 aromatic carbocycles. The van der Waals surface area contributed by atoms with Gasteiger partial charge in [0.05, 0.1) is 29.2 Å². The molecule has 0 saturated carbocycles. The van der Waals surface area contributed by atoms with E-state index in [0.29, 0.717) is 33.8 Å². The van der Waals surface area contributed by atoms with Gasteiger partial charge in [0, 0.05) is 27.6 Å². The van der Waals surface area contributed by atoms with Crippen molar-refractivity contribution in [3.8, 4) is 11.5 Å².